The third-order valence-corrected chi connectivity index (χ3v) is 4.62. The van der Waals surface area contributed by atoms with Gasteiger partial charge >= 0.3 is 5.97 Å². The molecular weight excluding hydrogens is 310 g/mol. The highest BCUT2D eigenvalue weighted by atomic mass is 79.9. The summed E-state index contributed by atoms with van der Waals surface area (Å²) in [5, 5.41) is 0. The van der Waals surface area contributed by atoms with Crippen LogP contribution in [0.5, 0.6) is 0 Å². The third kappa shape index (κ3) is 3.71. The summed E-state index contributed by atoms with van der Waals surface area (Å²) in [4.78, 5) is 11.5. The van der Waals surface area contributed by atoms with Crippen LogP contribution in [0.4, 0.5) is 5.69 Å². The average Bonchev–Trinajstić information content (AvgIpc) is 2.30. The van der Waals surface area contributed by atoms with E-state index in [0.29, 0.717) is 0 Å². The highest BCUT2D eigenvalue weighted by Gasteiger charge is 2.16. The van der Waals surface area contributed by atoms with E-state index >= 15 is 0 Å². The van der Waals surface area contributed by atoms with Crippen molar-refractivity contribution in [3.8, 4) is 0 Å². The van der Waals surface area contributed by atoms with Crippen molar-refractivity contribution in [3.05, 3.63) is 29.3 Å². The zero-order valence-electron chi connectivity index (χ0n) is 9.36. The molecule has 0 heterocycles. The maximum Gasteiger partial charge on any atom is 0.340 e. The van der Waals surface area contributed by atoms with Gasteiger partial charge in [0.15, 0.2) is 0 Å². The lowest BCUT2D eigenvalue weighted by Crippen LogP contribution is -2.16. The van der Waals surface area contributed by atoms with E-state index < -0.39 is 16.0 Å². The van der Waals surface area contributed by atoms with Gasteiger partial charge in [-0.2, -0.15) is 0 Å². The molecule has 1 aromatic carbocycles. The molecule has 0 amide bonds. The molecule has 0 radical (unpaired) electrons. The van der Waals surface area contributed by atoms with Crippen molar-refractivity contribution in [2.24, 2.45) is 0 Å². The summed E-state index contributed by atoms with van der Waals surface area (Å²) in [6, 6.07) is 4.80. The second-order valence-electron chi connectivity index (χ2n) is 3.37. The Balaban J connectivity index is 3.20. The average molecular weight is 322 g/mol. The first kappa shape index (κ1) is 14.0. The van der Waals surface area contributed by atoms with Gasteiger partial charge in [-0.25, -0.2) is 13.2 Å². The molecule has 0 aliphatic heterocycles. The molecule has 1 rings (SSSR count). The predicted molar refractivity (Wildman–Crippen MR) is 68.9 cm³/mol. The monoisotopic (exact) mass is 321 g/mol. The number of halogens is 1. The van der Waals surface area contributed by atoms with Gasteiger partial charge in [0.05, 0.1) is 18.4 Å². The quantitative estimate of drug-likeness (QED) is 0.678. The number of esters is 1. The molecule has 0 bridgehead atoms. The summed E-state index contributed by atoms with van der Waals surface area (Å²) in [7, 11) is -2.25. The van der Waals surface area contributed by atoms with Crippen LogP contribution in [-0.4, -0.2) is 26.2 Å². The molecule has 0 fully saturated rings. The molecule has 0 saturated heterocycles. The number of carbonyl (C=O) groups is 1. The Morgan fingerprint density at radius 1 is 1.47 bits per heavy atom. The fourth-order valence-corrected chi connectivity index (χ4v) is 2.13. The van der Waals surface area contributed by atoms with E-state index in [4.69, 9.17) is 0 Å². The molecule has 0 aromatic heterocycles. The molecular formula is C10H12BrNO4S. The Hall–Kier alpha value is -1.08. The SMILES string of the molecule is COC(=O)c1cc(C)ccc1NS(=O)(=O)CBr. The van der Waals surface area contributed by atoms with Gasteiger partial charge in [0, 0.05) is 0 Å². The number of hydrogen-bond donors (Lipinski definition) is 1. The van der Waals surface area contributed by atoms with Crippen molar-refractivity contribution in [1.29, 1.82) is 0 Å². The molecule has 94 valence electrons. The van der Waals surface area contributed by atoms with Gasteiger partial charge in [0.2, 0.25) is 10.0 Å². The molecule has 0 unspecified atom stereocenters. The van der Waals surface area contributed by atoms with Crippen molar-refractivity contribution in [3.63, 3.8) is 0 Å². The molecule has 0 saturated carbocycles. The Kier molecular flexibility index (Phi) is 4.53. The van der Waals surface area contributed by atoms with Gasteiger partial charge in [-0.05, 0) is 19.1 Å². The number of anilines is 1. The Morgan fingerprint density at radius 2 is 2.12 bits per heavy atom. The van der Waals surface area contributed by atoms with Crippen molar-refractivity contribution >= 4 is 37.6 Å². The smallest absolute Gasteiger partial charge is 0.340 e. The van der Waals surface area contributed by atoms with Crippen LogP contribution in [0.15, 0.2) is 18.2 Å². The highest BCUT2D eigenvalue weighted by Crippen LogP contribution is 2.20. The van der Waals surface area contributed by atoms with Gasteiger partial charge < -0.3 is 4.74 Å². The molecule has 7 heteroatoms. The largest absolute Gasteiger partial charge is 0.465 e. The number of sulfonamides is 1. The number of nitrogens with one attached hydrogen (secondary N) is 1. The van der Waals surface area contributed by atoms with E-state index in [1.54, 1.807) is 19.1 Å². The summed E-state index contributed by atoms with van der Waals surface area (Å²) in [5.74, 6) is -0.582. The third-order valence-electron chi connectivity index (χ3n) is 1.99. The van der Waals surface area contributed by atoms with Crippen molar-refractivity contribution in [1.82, 2.24) is 0 Å². The minimum absolute atomic E-state index is 0.192. The number of benzene rings is 1. The molecule has 0 aliphatic rings. The number of aryl methyl sites for hydroxylation is 1. The van der Waals surface area contributed by atoms with Gasteiger partial charge in [-0.15, -0.1) is 0 Å². The first-order valence-electron chi connectivity index (χ1n) is 4.65. The van der Waals surface area contributed by atoms with Crippen molar-refractivity contribution in [2.45, 2.75) is 6.92 Å². The van der Waals surface area contributed by atoms with Gasteiger partial charge in [-0.1, -0.05) is 27.6 Å². The van der Waals surface area contributed by atoms with E-state index in [1.165, 1.54) is 13.2 Å². The number of methoxy groups -OCH3 is 1. The Bertz CT molecular complexity index is 527. The molecule has 1 aromatic rings. The predicted octanol–water partition coefficient (Wildman–Crippen LogP) is 1.88. The van der Waals surface area contributed by atoms with Crippen LogP contribution >= 0.6 is 15.9 Å². The van der Waals surface area contributed by atoms with Gasteiger partial charge in [0.25, 0.3) is 0 Å². The summed E-state index contributed by atoms with van der Waals surface area (Å²) in [6.07, 6.45) is 0. The number of ether oxygens (including phenoxy) is 1. The maximum atomic E-state index is 11.5. The lowest BCUT2D eigenvalue weighted by atomic mass is 10.1. The fourth-order valence-electron chi connectivity index (χ4n) is 1.22. The fraction of sp³-hybridized carbons (Fsp3) is 0.300. The molecule has 1 N–H and O–H groups in total. The molecule has 0 atom stereocenters. The number of hydrogen-bond acceptors (Lipinski definition) is 4. The topological polar surface area (TPSA) is 72.5 Å². The van der Waals surface area contributed by atoms with Crippen LogP contribution in [0.25, 0.3) is 0 Å². The van der Waals surface area contributed by atoms with Crippen LogP contribution in [0, 0.1) is 6.92 Å². The second kappa shape index (κ2) is 5.50. The van der Waals surface area contributed by atoms with Crippen LogP contribution in [0.3, 0.4) is 0 Å². The number of alkyl halides is 1. The molecule has 17 heavy (non-hydrogen) atoms. The van der Waals surface area contributed by atoms with Crippen molar-refractivity contribution < 1.29 is 17.9 Å². The molecule has 0 spiro atoms. The highest BCUT2D eigenvalue weighted by molar-refractivity contribution is 9.10. The summed E-state index contributed by atoms with van der Waals surface area (Å²) in [5.41, 5.74) is 1.24. The van der Waals surface area contributed by atoms with Crippen LogP contribution in [0.2, 0.25) is 0 Å². The zero-order chi connectivity index (χ0) is 13.1. The number of rotatable bonds is 4. The van der Waals surface area contributed by atoms with Gasteiger partial charge in [0.1, 0.15) is 4.66 Å². The molecule has 5 nitrogen and oxygen atoms in total. The standard InChI is InChI=1S/C10H12BrNO4S/c1-7-3-4-9(12-17(14,15)6-11)8(5-7)10(13)16-2/h3-5,12H,6H2,1-2H3. The summed E-state index contributed by atoms with van der Waals surface area (Å²) in [6.45, 7) is 1.80. The van der Waals surface area contributed by atoms with Gasteiger partial charge in [-0.3, -0.25) is 4.72 Å². The summed E-state index contributed by atoms with van der Waals surface area (Å²) >= 11 is 2.85. The molecule has 0 aliphatic carbocycles. The summed E-state index contributed by atoms with van der Waals surface area (Å²) < 4.78 is 29.5. The minimum atomic E-state index is -3.49. The first-order chi connectivity index (χ1) is 7.89. The van der Waals surface area contributed by atoms with Crippen LogP contribution in [-0.2, 0) is 14.8 Å². The maximum absolute atomic E-state index is 11.5. The lowest BCUT2D eigenvalue weighted by molar-refractivity contribution is 0.0602. The Morgan fingerprint density at radius 3 is 2.65 bits per heavy atom. The first-order valence-corrected chi connectivity index (χ1v) is 7.42. The zero-order valence-corrected chi connectivity index (χ0v) is 11.8. The van der Waals surface area contributed by atoms with Crippen LogP contribution in [0.1, 0.15) is 15.9 Å². The van der Waals surface area contributed by atoms with E-state index in [0.717, 1.165) is 5.56 Å². The van der Waals surface area contributed by atoms with E-state index in [1.807, 2.05) is 0 Å². The van der Waals surface area contributed by atoms with E-state index in [9.17, 15) is 13.2 Å². The van der Waals surface area contributed by atoms with E-state index in [2.05, 4.69) is 25.4 Å². The Labute approximate surface area is 108 Å². The number of carbonyl (C=O) groups excluding carboxylic acids is 1. The minimum Gasteiger partial charge on any atom is -0.465 e. The van der Waals surface area contributed by atoms with Crippen LogP contribution < -0.4 is 4.72 Å². The lowest BCUT2D eigenvalue weighted by Gasteiger charge is -2.10. The normalized spacial score (nSPS) is 11.0. The van der Waals surface area contributed by atoms with E-state index in [-0.39, 0.29) is 15.9 Å². The van der Waals surface area contributed by atoms with Crippen molar-refractivity contribution in [2.75, 3.05) is 16.5 Å². The second-order valence-corrected chi connectivity index (χ2v) is 6.39.